The lowest BCUT2D eigenvalue weighted by Crippen LogP contribution is -2.39. The number of H-pyrrole nitrogens is 1. The lowest BCUT2D eigenvalue weighted by atomic mass is 10.1. The summed E-state index contributed by atoms with van der Waals surface area (Å²) in [5.74, 6) is -0.581. The third-order valence-corrected chi connectivity index (χ3v) is 6.02. The number of hydrogen-bond acceptors (Lipinski definition) is 6. The Bertz CT molecular complexity index is 1530. The second kappa shape index (κ2) is 8.45. The largest absolute Gasteiger partial charge is 0.370 e. The molecule has 1 atom stereocenters. The van der Waals surface area contributed by atoms with Crippen molar-refractivity contribution < 1.29 is 13.5 Å². The molecule has 1 aliphatic heterocycles. The molecule has 10 heteroatoms. The number of morpholine rings is 1. The van der Waals surface area contributed by atoms with Gasteiger partial charge in [0.1, 0.15) is 29.4 Å². The molecule has 1 fully saturated rings. The van der Waals surface area contributed by atoms with Crippen molar-refractivity contribution in [1.29, 1.82) is 0 Å². The Kier molecular flexibility index (Phi) is 5.45. The predicted octanol–water partition coefficient (Wildman–Crippen LogP) is 2.85. The Labute approximate surface area is 192 Å². The predicted molar refractivity (Wildman–Crippen MR) is 123 cm³/mol. The highest BCUT2D eigenvalue weighted by Crippen LogP contribution is 2.32. The summed E-state index contributed by atoms with van der Waals surface area (Å²) >= 11 is 0. The van der Waals surface area contributed by atoms with Gasteiger partial charge in [-0.05, 0) is 30.7 Å². The highest BCUT2D eigenvalue weighted by atomic mass is 19.1. The molecular weight excluding hydrogens is 444 g/mol. The molecule has 34 heavy (non-hydrogen) atoms. The Hall–Kier alpha value is -3.92. The van der Waals surface area contributed by atoms with Gasteiger partial charge in [-0.1, -0.05) is 0 Å². The first kappa shape index (κ1) is 21.9. The van der Waals surface area contributed by atoms with Crippen LogP contribution in [0.4, 0.5) is 14.6 Å². The lowest BCUT2D eigenvalue weighted by molar-refractivity contribution is 0.0394. The van der Waals surface area contributed by atoms with Gasteiger partial charge in [0.15, 0.2) is 0 Å². The van der Waals surface area contributed by atoms with Crippen molar-refractivity contribution in [3.05, 3.63) is 86.3 Å². The number of fused-ring (bicyclic) bond motifs is 1. The van der Waals surface area contributed by atoms with Gasteiger partial charge in [-0.3, -0.25) is 14.2 Å². The standard InChI is InChI=1S/C24H21F2N5O3/c1-13-28-18-11-20(31-7-8-34-19(12-31)14-5-6-27-21(32)9-14)29-23(22(18)24(33)30(13)2)16-4-3-15(25)10-17(16)26/h3-6,9-11,19H,7-8,12H2,1-2H3,(H,27,32)/t19-/m1/s1. The third kappa shape index (κ3) is 3.86. The van der Waals surface area contributed by atoms with Gasteiger partial charge in [-0.25, -0.2) is 18.7 Å². The van der Waals surface area contributed by atoms with E-state index in [0.29, 0.717) is 36.9 Å². The van der Waals surface area contributed by atoms with Crippen LogP contribution in [-0.2, 0) is 11.8 Å². The highest BCUT2D eigenvalue weighted by Gasteiger charge is 2.26. The molecule has 0 amide bonds. The molecule has 1 aromatic carbocycles. The molecular formula is C24H21F2N5O3. The number of rotatable bonds is 3. The van der Waals surface area contributed by atoms with E-state index in [2.05, 4.69) is 15.0 Å². The molecule has 4 aromatic rings. The smallest absolute Gasteiger partial charge is 0.263 e. The average Bonchev–Trinajstić information content (AvgIpc) is 2.82. The minimum absolute atomic E-state index is 0.00963. The maximum Gasteiger partial charge on any atom is 0.263 e. The molecule has 0 saturated carbocycles. The highest BCUT2D eigenvalue weighted by molar-refractivity contribution is 5.93. The lowest BCUT2D eigenvalue weighted by Gasteiger charge is -2.34. The van der Waals surface area contributed by atoms with Crippen LogP contribution in [0.3, 0.4) is 0 Å². The van der Waals surface area contributed by atoms with E-state index in [0.717, 1.165) is 17.7 Å². The summed E-state index contributed by atoms with van der Waals surface area (Å²) in [7, 11) is 1.58. The van der Waals surface area contributed by atoms with E-state index in [1.165, 1.54) is 16.7 Å². The molecule has 1 saturated heterocycles. The zero-order valence-electron chi connectivity index (χ0n) is 18.5. The van der Waals surface area contributed by atoms with Crippen molar-refractivity contribution >= 4 is 16.7 Å². The number of pyridine rings is 2. The molecule has 3 aromatic heterocycles. The van der Waals surface area contributed by atoms with E-state index in [4.69, 9.17) is 4.74 Å². The Balaban J connectivity index is 1.67. The molecule has 1 aliphatic rings. The third-order valence-electron chi connectivity index (χ3n) is 6.02. The van der Waals surface area contributed by atoms with Crippen molar-refractivity contribution in [3.8, 4) is 11.3 Å². The number of nitrogens with one attached hydrogen (secondary N) is 1. The average molecular weight is 465 g/mol. The molecule has 0 unspecified atom stereocenters. The molecule has 8 nitrogen and oxygen atoms in total. The number of aromatic amines is 1. The monoisotopic (exact) mass is 465 g/mol. The molecule has 0 radical (unpaired) electrons. The SMILES string of the molecule is Cc1nc2cc(N3CCO[C@@H](c4cc[nH]c(=O)c4)C3)nc(-c3ccc(F)cc3F)c2c(=O)n1C. The summed E-state index contributed by atoms with van der Waals surface area (Å²) in [6, 6.07) is 8.11. The van der Waals surface area contributed by atoms with Crippen molar-refractivity contribution in [3.63, 3.8) is 0 Å². The summed E-state index contributed by atoms with van der Waals surface area (Å²) in [5, 5.41) is 0.154. The van der Waals surface area contributed by atoms with E-state index < -0.39 is 11.6 Å². The molecule has 4 heterocycles. The van der Waals surface area contributed by atoms with Crippen LogP contribution in [0.25, 0.3) is 22.2 Å². The molecule has 0 bridgehead atoms. The van der Waals surface area contributed by atoms with Crippen LogP contribution in [0.15, 0.2) is 52.2 Å². The van der Waals surface area contributed by atoms with Gasteiger partial charge in [0.25, 0.3) is 5.56 Å². The van der Waals surface area contributed by atoms with Gasteiger partial charge in [0, 0.05) is 50.1 Å². The van der Waals surface area contributed by atoms with Crippen LogP contribution in [-0.4, -0.2) is 39.2 Å². The Morgan fingerprint density at radius 2 is 1.94 bits per heavy atom. The minimum Gasteiger partial charge on any atom is -0.370 e. The van der Waals surface area contributed by atoms with Crippen LogP contribution >= 0.6 is 0 Å². The first-order valence-electron chi connectivity index (χ1n) is 10.7. The molecule has 174 valence electrons. The van der Waals surface area contributed by atoms with E-state index in [-0.39, 0.29) is 33.9 Å². The number of aromatic nitrogens is 4. The summed E-state index contributed by atoms with van der Waals surface area (Å²) in [6.07, 6.45) is 1.18. The minimum atomic E-state index is -0.822. The number of aryl methyl sites for hydroxylation is 1. The molecule has 5 rings (SSSR count). The fourth-order valence-corrected chi connectivity index (χ4v) is 4.14. The normalized spacial score (nSPS) is 16.2. The van der Waals surface area contributed by atoms with Crippen LogP contribution in [0.2, 0.25) is 0 Å². The Morgan fingerprint density at radius 3 is 2.71 bits per heavy atom. The van der Waals surface area contributed by atoms with Gasteiger partial charge in [-0.2, -0.15) is 0 Å². The Morgan fingerprint density at radius 1 is 1.12 bits per heavy atom. The van der Waals surface area contributed by atoms with Gasteiger partial charge in [0.05, 0.1) is 23.2 Å². The van der Waals surface area contributed by atoms with Crippen LogP contribution in [0, 0.1) is 18.6 Å². The maximum absolute atomic E-state index is 14.8. The molecule has 1 N–H and O–H groups in total. The number of ether oxygens (including phenoxy) is 1. The van der Waals surface area contributed by atoms with E-state index in [9.17, 15) is 18.4 Å². The first-order chi connectivity index (χ1) is 16.3. The molecule has 0 aliphatic carbocycles. The topological polar surface area (TPSA) is 93.1 Å². The van der Waals surface area contributed by atoms with Gasteiger partial charge < -0.3 is 14.6 Å². The van der Waals surface area contributed by atoms with Gasteiger partial charge >= 0.3 is 0 Å². The summed E-state index contributed by atoms with van der Waals surface area (Å²) in [5.41, 5.74) is 0.591. The summed E-state index contributed by atoms with van der Waals surface area (Å²) in [4.78, 5) is 38.5. The van der Waals surface area contributed by atoms with Gasteiger partial charge in [-0.15, -0.1) is 0 Å². The van der Waals surface area contributed by atoms with Crippen LogP contribution < -0.4 is 16.0 Å². The van der Waals surface area contributed by atoms with Crippen LogP contribution in [0.5, 0.6) is 0 Å². The van der Waals surface area contributed by atoms with Crippen molar-refractivity contribution in [1.82, 2.24) is 19.5 Å². The van der Waals surface area contributed by atoms with Crippen LogP contribution in [0.1, 0.15) is 17.5 Å². The fourth-order valence-electron chi connectivity index (χ4n) is 4.14. The zero-order chi connectivity index (χ0) is 24.0. The number of nitrogens with zero attached hydrogens (tertiary/aromatic N) is 4. The van der Waals surface area contributed by atoms with E-state index in [1.807, 2.05) is 4.90 Å². The van der Waals surface area contributed by atoms with Crippen molar-refractivity contribution in [2.24, 2.45) is 7.05 Å². The number of halogens is 2. The van der Waals surface area contributed by atoms with E-state index in [1.54, 1.807) is 32.3 Å². The summed E-state index contributed by atoms with van der Waals surface area (Å²) in [6.45, 7) is 2.96. The van der Waals surface area contributed by atoms with Gasteiger partial charge in [0.2, 0.25) is 5.56 Å². The number of anilines is 1. The van der Waals surface area contributed by atoms with Crippen molar-refractivity contribution in [2.45, 2.75) is 13.0 Å². The first-order valence-corrected chi connectivity index (χ1v) is 10.7. The van der Waals surface area contributed by atoms with E-state index >= 15 is 0 Å². The van der Waals surface area contributed by atoms with Crippen molar-refractivity contribution in [2.75, 3.05) is 24.6 Å². The quantitative estimate of drug-likeness (QED) is 0.500. The number of benzene rings is 1. The maximum atomic E-state index is 14.8. The second-order valence-electron chi connectivity index (χ2n) is 8.16. The number of hydrogen-bond donors (Lipinski definition) is 1. The summed E-state index contributed by atoms with van der Waals surface area (Å²) < 4.78 is 35.6. The molecule has 0 spiro atoms. The zero-order valence-corrected chi connectivity index (χ0v) is 18.5. The second-order valence-corrected chi connectivity index (χ2v) is 8.16. The fraction of sp³-hybridized carbons (Fsp3) is 0.250.